The number of aliphatic hydroxyl groups is 1. The number of aryl methyl sites for hydroxylation is 1. The van der Waals surface area contributed by atoms with E-state index in [4.69, 9.17) is 4.74 Å². The Kier molecular flexibility index (Phi) is 7.68. The predicted octanol–water partition coefficient (Wildman–Crippen LogP) is 3.25. The van der Waals surface area contributed by atoms with Crippen LogP contribution in [-0.2, 0) is 10.2 Å². The zero-order chi connectivity index (χ0) is 27.2. The molecule has 1 aliphatic carbocycles. The van der Waals surface area contributed by atoms with Gasteiger partial charge in [-0.2, -0.15) is 0 Å². The van der Waals surface area contributed by atoms with Gasteiger partial charge in [-0.1, -0.05) is 6.07 Å². The third-order valence-corrected chi connectivity index (χ3v) is 9.67. The van der Waals surface area contributed by atoms with Gasteiger partial charge in [0.15, 0.2) is 0 Å². The molecule has 0 aromatic heterocycles. The smallest absolute Gasteiger partial charge is 0.327 e. The molecule has 3 amide bonds. The molecule has 8 heteroatoms. The molecule has 3 fully saturated rings. The Labute approximate surface area is 222 Å². The highest BCUT2D eigenvalue weighted by atomic mass is 16.5. The summed E-state index contributed by atoms with van der Waals surface area (Å²) in [5.41, 5.74) is -0.546. The van der Waals surface area contributed by atoms with Crippen LogP contribution in [0.1, 0.15) is 64.0 Å². The topological polar surface area (TPSA) is 76.6 Å². The Morgan fingerprint density at radius 2 is 1.86 bits per heavy atom. The van der Waals surface area contributed by atoms with E-state index in [1.807, 2.05) is 19.9 Å². The van der Waals surface area contributed by atoms with Crippen LogP contribution in [0.3, 0.4) is 0 Å². The van der Waals surface area contributed by atoms with Crippen LogP contribution >= 0.6 is 0 Å². The second-order valence-corrected chi connectivity index (χ2v) is 11.6. The van der Waals surface area contributed by atoms with Gasteiger partial charge in [0, 0.05) is 24.5 Å². The summed E-state index contributed by atoms with van der Waals surface area (Å²) in [6.07, 6.45) is 3.11. The van der Waals surface area contributed by atoms with E-state index in [9.17, 15) is 14.7 Å². The number of piperidine rings is 1. The average Bonchev–Trinajstić information content (AvgIpc) is 3.06. The number of likely N-dealkylation sites (tertiary alicyclic amines) is 1. The zero-order valence-corrected chi connectivity index (χ0v) is 23.8. The molecule has 37 heavy (non-hydrogen) atoms. The second-order valence-electron chi connectivity index (χ2n) is 11.6. The summed E-state index contributed by atoms with van der Waals surface area (Å²) in [5.74, 6) is 0.638. The van der Waals surface area contributed by atoms with Crippen molar-refractivity contribution < 1.29 is 19.4 Å². The number of hydrogen-bond donors (Lipinski definition) is 1. The zero-order valence-electron chi connectivity index (χ0n) is 23.8. The van der Waals surface area contributed by atoms with E-state index in [0.29, 0.717) is 32.4 Å². The number of carbonyl (C=O) groups excluding carboxylic acids is 2. The number of hydrogen-bond acceptors (Lipinski definition) is 6. The minimum atomic E-state index is -1.05. The molecule has 1 aromatic rings. The van der Waals surface area contributed by atoms with E-state index in [1.165, 1.54) is 4.90 Å². The predicted molar refractivity (Wildman–Crippen MR) is 145 cm³/mol. The van der Waals surface area contributed by atoms with Gasteiger partial charge in [-0.15, -0.1) is 0 Å². The largest absolute Gasteiger partial charge is 0.497 e. The van der Waals surface area contributed by atoms with Crippen LogP contribution < -0.4 is 4.74 Å². The van der Waals surface area contributed by atoms with E-state index in [1.54, 1.807) is 12.0 Å². The molecule has 2 aliphatic heterocycles. The van der Waals surface area contributed by atoms with E-state index in [2.05, 4.69) is 49.9 Å². The van der Waals surface area contributed by atoms with Crippen molar-refractivity contribution in [2.24, 2.45) is 0 Å². The highest BCUT2D eigenvalue weighted by molar-refractivity contribution is 6.07. The van der Waals surface area contributed by atoms with Gasteiger partial charge in [-0.05, 0) is 117 Å². The number of likely N-dealkylation sites (N-methyl/N-ethyl adjacent to an activating group) is 2. The lowest BCUT2D eigenvalue weighted by molar-refractivity contribution is -0.179. The molecular formula is C29H46N4O4. The number of rotatable bonds is 8. The Morgan fingerprint density at radius 1 is 1.14 bits per heavy atom. The molecule has 2 heterocycles. The molecule has 3 aliphatic rings. The minimum absolute atomic E-state index is 0.0871. The van der Waals surface area contributed by atoms with Crippen LogP contribution in [0.25, 0.3) is 0 Å². The highest BCUT2D eigenvalue weighted by Crippen LogP contribution is 2.59. The van der Waals surface area contributed by atoms with Crippen molar-refractivity contribution in [3.05, 3.63) is 29.3 Å². The number of carbonyl (C=O) groups is 2. The van der Waals surface area contributed by atoms with Crippen LogP contribution in [0, 0.1) is 6.92 Å². The average molecular weight is 515 g/mol. The van der Waals surface area contributed by atoms with Crippen LogP contribution in [0.2, 0.25) is 0 Å². The number of methoxy groups -OCH3 is 1. The summed E-state index contributed by atoms with van der Waals surface area (Å²) >= 11 is 0. The van der Waals surface area contributed by atoms with Gasteiger partial charge in [-0.3, -0.25) is 14.6 Å². The number of imide groups is 1. The van der Waals surface area contributed by atoms with Crippen LogP contribution in [-0.4, -0.2) is 108 Å². The van der Waals surface area contributed by atoms with Crippen LogP contribution in [0.5, 0.6) is 5.75 Å². The summed E-state index contributed by atoms with van der Waals surface area (Å²) in [7, 11) is 5.83. The number of ether oxygens (including phenoxy) is 1. The number of nitrogens with zero attached hydrogens (tertiary/aromatic N) is 4. The van der Waals surface area contributed by atoms with Gasteiger partial charge >= 0.3 is 6.03 Å². The third kappa shape index (κ3) is 4.16. The van der Waals surface area contributed by atoms with Gasteiger partial charge in [0.2, 0.25) is 0 Å². The molecule has 206 valence electrons. The molecule has 4 rings (SSSR count). The van der Waals surface area contributed by atoms with E-state index < -0.39 is 16.6 Å². The van der Waals surface area contributed by atoms with E-state index >= 15 is 0 Å². The number of urea groups is 1. The van der Waals surface area contributed by atoms with Gasteiger partial charge < -0.3 is 19.6 Å². The molecule has 1 saturated carbocycles. The summed E-state index contributed by atoms with van der Waals surface area (Å²) in [4.78, 5) is 35.1. The molecule has 1 aromatic carbocycles. The number of amides is 3. The van der Waals surface area contributed by atoms with Crippen molar-refractivity contribution in [1.82, 2.24) is 19.6 Å². The minimum Gasteiger partial charge on any atom is -0.497 e. The monoisotopic (exact) mass is 514 g/mol. The lowest BCUT2D eigenvalue weighted by atomic mass is 9.49. The maximum absolute atomic E-state index is 13.9. The first-order valence-corrected chi connectivity index (χ1v) is 13.9. The number of fused-ring (bicyclic) bond motifs is 1. The molecule has 8 nitrogen and oxygen atoms in total. The van der Waals surface area contributed by atoms with Crippen LogP contribution in [0.4, 0.5) is 4.79 Å². The van der Waals surface area contributed by atoms with Crippen molar-refractivity contribution in [2.75, 3.05) is 53.9 Å². The Morgan fingerprint density at radius 3 is 2.49 bits per heavy atom. The maximum Gasteiger partial charge on any atom is 0.327 e. The lowest BCUT2D eigenvalue weighted by Gasteiger charge is -2.63. The van der Waals surface area contributed by atoms with Crippen molar-refractivity contribution in [3.8, 4) is 5.75 Å². The van der Waals surface area contributed by atoms with Gasteiger partial charge in [-0.25, -0.2) is 4.79 Å². The summed E-state index contributed by atoms with van der Waals surface area (Å²) in [6.45, 7) is 11.6. The van der Waals surface area contributed by atoms with E-state index in [-0.39, 0.29) is 18.0 Å². The fourth-order valence-corrected chi connectivity index (χ4v) is 7.64. The Hall–Kier alpha value is -2.16. The molecule has 2 saturated heterocycles. The molecule has 0 radical (unpaired) electrons. The van der Waals surface area contributed by atoms with Gasteiger partial charge in [0.1, 0.15) is 11.3 Å². The SMILES string of the molecule is CCN1C(=O)N(CC)[C@]2(CCC3(O)C(C)N(CCCN(C)C)CC[C@]3(c3cc(OC)ccc3C)C2)C1=O. The summed E-state index contributed by atoms with van der Waals surface area (Å²) in [5, 5.41) is 12.8. The molecule has 1 N–H and O–H groups in total. The fourth-order valence-electron chi connectivity index (χ4n) is 7.64. The van der Waals surface area contributed by atoms with Crippen molar-refractivity contribution in [3.63, 3.8) is 0 Å². The molecule has 2 unspecified atom stereocenters. The second kappa shape index (κ2) is 10.2. The normalized spacial score (nSPS) is 32.5. The first-order chi connectivity index (χ1) is 17.5. The highest BCUT2D eigenvalue weighted by Gasteiger charge is 2.69. The van der Waals surface area contributed by atoms with Crippen LogP contribution in [0.15, 0.2) is 18.2 Å². The fraction of sp³-hybridized carbons (Fsp3) is 0.724. The molecule has 1 spiro atoms. The van der Waals surface area contributed by atoms with Crippen molar-refractivity contribution in [1.29, 1.82) is 0 Å². The summed E-state index contributed by atoms with van der Waals surface area (Å²) < 4.78 is 5.63. The Bertz CT molecular complexity index is 1030. The molecule has 4 atom stereocenters. The van der Waals surface area contributed by atoms with Gasteiger partial charge in [0.25, 0.3) is 5.91 Å². The quantitative estimate of drug-likeness (QED) is 0.537. The summed E-state index contributed by atoms with van der Waals surface area (Å²) in [6, 6.07) is 5.77. The third-order valence-electron chi connectivity index (χ3n) is 9.67. The van der Waals surface area contributed by atoms with Gasteiger partial charge in [0.05, 0.1) is 12.7 Å². The molecule has 0 bridgehead atoms. The van der Waals surface area contributed by atoms with Crippen molar-refractivity contribution >= 4 is 11.9 Å². The number of benzene rings is 1. The standard InChI is InChI=1S/C29H46N4O4/c1-8-32-25(34)28(33(9-2)26(32)35)13-14-29(36)22(4)31(17-10-16-30(5)6)18-15-27(29,20-28)24-19-23(37-7)12-11-21(24)3/h11-12,19,22,36H,8-10,13-18,20H2,1-7H3/t22?,27-,28+,29?/m1/s1. The first-order valence-electron chi connectivity index (χ1n) is 13.9. The first kappa shape index (κ1) is 27.9. The lowest BCUT2D eigenvalue weighted by Crippen LogP contribution is -2.74. The van der Waals surface area contributed by atoms with Crippen molar-refractivity contribution in [2.45, 2.75) is 82.4 Å². The maximum atomic E-state index is 13.9. The Balaban J connectivity index is 1.83. The van der Waals surface area contributed by atoms with E-state index in [0.717, 1.165) is 49.4 Å². The molecular weight excluding hydrogens is 468 g/mol.